The standard InChI is InChI=1S/C12H16BrN5O/c1-3-4-18-7-9(13)5-10(18)12(19)14-6-11-16-15-8-17(11)2/h5,7-8H,3-4,6H2,1-2H3,(H,14,19). The Morgan fingerprint density at radius 1 is 1.53 bits per heavy atom. The number of aryl methyl sites for hydroxylation is 2. The van der Waals surface area contributed by atoms with Gasteiger partial charge in [-0.25, -0.2) is 0 Å². The quantitative estimate of drug-likeness (QED) is 0.910. The molecule has 0 unspecified atom stereocenters. The number of hydrogen-bond acceptors (Lipinski definition) is 3. The highest BCUT2D eigenvalue weighted by atomic mass is 79.9. The number of nitrogens with zero attached hydrogens (tertiary/aromatic N) is 4. The Balaban J connectivity index is 2.05. The molecule has 1 N–H and O–H groups in total. The van der Waals surface area contributed by atoms with Gasteiger partial charge in [-0.15, -0.1) is 10.2 Å². The summed E-state index contributed by atoms with van der Waals surface area (Å²) in [5, 5.41) is 10.6. The van der Waals surface area contributed by atoms with Crippen molar-refractivity contribution in [2.24, 2.45) is 7.05 Å². The molecule has 0 bridgehead atoms. The van der Waals surface area contributed by atoms with Gasteiger partial charge in [0.05, 0.1) is 6.54 Å². The molecule has 102 valence electrons. The number of hydrogen-bond donors (Lipinski definition) is 1. The van der Waals surface area contributed by atoms with Crippen LogP contribution in [0.5, 0.6) is 0 Å². The number of amides is 1. The lowest BCUT2D eigenvalue weighted by atomic mass is 10.3. The lowest BCUT2D eigenvalue weighted by molar-refractivity contribution is 0.0940. The second-order valence-corrected chi connectivity index (χ2v) is 5.19. The normalized spacial score (nSPS) is 10.7. The van der Waals surface area contributed by atoms with Gasteiger partial charge in [0, 0.05) is 24.3 Å². The first-order chi connectivity index (χ1) is 9.11. The third kappa shape index (κ3) is 3.23. The molecule has 0 spiro atoms. The van der Waals surface area contributed by atoms with E-state index in [0.717, 1.165) is 23.3 Å². The fraction of sp³-hybridized carbons (Fsp3) is 0.417. The second-order valence-electron chi connectivity index (χ2n) is 4.28. The Morgan fingerprint density at radius 3 is 2.95 bits per heavy atom. The maximum atomic E-state index is 12.1. The van der Waals surface area contributed by atoms with E-state index >= 15 is 0 Å². The molecule has 7 heteroatoms. The van der Waals surface area contributed by atoms with E-state index in [9.17, 15) is 4.79 Å². The van der Waals surface area contributed by atoms with Gasteiger partial charge >= 0.3 is 0 Å². The molecular weight excluding hydrogens is 310 g/mol. The second kappa shape index (κ2) is 6.01. The minimum Gasteiger partial charge on any atom is -0.343 e. The molecule has 2 aromatic heterocycles. The summed E-state index contributed by atoms with van der Waals surface area (Å²) in [6.45, 7) is 3.26. The minimum absolute atomic E-state index is 0.109. The van der Waals surface area contributed by atoms with Gasteiger partial charge in [0.15, 0.2) is 5.82 Å². The average Bonchev–Trinajstić information content (AvgIpc) is 2.93. The van der Waals surface area contributed by atoms with Gasteiger partial charge in [-0.1, -0.05) is 6.92 Å². The molecule has 0 aliphatic carbocycles. The van der Waals surface area contributed by atoms with Crippen molar-refractivity contribution >= 4 is 21.8 Å². The molecule has 1 amide bonds. The summed E-state index contributed by atoms with van der Waals surface area (Å²) in [5.41, 5.74) is 0.649. The predicted octanol–water partition coefficient (Wildman–Crippen LogP) is 1.72. The Bertz CT molecular complexity index is 574. The molecule has 0 radical (unpaired) electrons. The number of aromatic nitrogens is 4. The van der Waals surface area contributed by atoms with Crippen LogP contribution in [0.1, 0.15) is 29.7 Å². The van der Waals surface area contributed by atoms with Crippen LogP contribution >= 0.6 is 15.9 Å². The predicted molar refractivity (Wildman–Crippen MR) is 74.6 cm³/mol. The Morgan fingerprint density at radius 2 is 2.32 bits per heavy atom. The molecule has 0 aliphatic rings. The lowest BCUT2D eigenvalue weighted by Gasteiger charge is -2.08. The third-order valence-corrected chi connectivity index (χ3v) is 3.21. The zero-order chi connectivity index (χ0) is 13.8. The zero-order valence-electron chi connectivity index (χ0n) is 10.9. The van der Waals surface area contributed by atoms with Crippen molar-refractivity contribution in [1.29, 1.82) is 0 Å². The molecule has 2 heterocycles. The van der Waals surface area contributed by atoms with Crippen LogP contribution in [0.15, 0.2) is 23.1 Å². The van der Waals surface area contributed by atoms with Crippen LogP contribution in [0.3, 0.4) is 0 Å². The Kier molecular flexibility index (Phi) is 4.36. The van der Waals surface area contributed by atoms with Crippen LogP contribution in [0.4, 0.5) is 0 Å². The van der Waals surface area contributed by atoms with E-state index in [2.05, 4.69) is 38.4 Å². The van der Waals surface area contributed by atoms with Gasteiger partial charge in [0.1, 0.15) is 12.0 Å². The van der Waals surface area contributed by atoms with E-state index in [4.69, 9.17) is 0 Å². The van der Waals surface area contributed by atoms with E-state index in [1.807, 2.05) is 23.9 Å². The molecule has 2 aromatic rings. The minimum atomic E-state index is -0.109. The molecule has 6 nitrogen and oxygen atoms in total. The number of carbonyl (C=O) groups is 1. The maximum absolute atomic E-state index is 12.1. The molecule has 2 rings (SSSR count). The van der Waals surface area contributed by atoms with Crippen molar-refractivity contribution in [2.75, 3.05) is 0 Å². The number of nitrogens with one attached hydrogen (secondary N) is 1. The van der Waals surface area contributed by atoms with Crippen molar-refractivity contribution in [3.63, 3.8) is 0 Å². The number of rotatable bonds is 5. The summed E-state index contributed by atoms with van der Waals surface area (Å²) in [6.07, 6.45) is 4.50. The highest BCUT2D eigenvalue weighted by molar-refractivity contribution is 9.10. The van der Waals surface area contributed by atoms with E-state index in [-0.39, 0.29) is 5.91 Å². The maximum Gasteiger partial charge on any atom is 0.268 e. The van der Waals surface area contributed by atoms with Crippen LogP contribution in [0.25, 0.3) is 0 Å². The van der Waals surface area contributed by atoms with Crippen LogP contribution < -0.4 is 5.32 Å². The van der Waals surface area contributed by atoms with Crippen molar-refractivity contribution in [3.8, 4) is 0 Å². The smallest absolute Gasteiger partial charge is 0.268 e. The van der Waals surface area contributed by atoms with E-state index in [0.29, 0.717) is 12.2 Å². The summed E-state index contributed by atoms with van der Waals surface area (Å²) >= 11 is 3.40. The Hall–Kier alpha value is -1.63. The molecule has 0 aromatic carbocycles. The van der Waals surface area contributed by atoms with Gasteiger partial charge in [-0.05, 0) is 28.4 Å². The summed E-state index contributed by atoms with van der Waals surface area (Å²) in [7, 11) is 1.85. The monoisotopic (exact) mass is 325 g/mol. The highest BCUT2D eigenvalue weighted by Gasteiger charge is 2.13. The van der Waals surface area contributed by atoms with Crippen molar-refractivity contribution in [2.45, 2.75) is 26.4 Å². The first-order valence-corrected chi connectivity index (χ1v) is 6.88. The molecule has 0 fully saturated rings. The van der Waals surface area contributed by atoms with Crippen molar-refractivity contribution in [1.82, 2.24) is 24.6 Å². The van der Waals surface area contributed by atoms with Gasteiger partial charge in [0.2, 0.25) is 0 Å². The summed E-state index contributed by atoms with van der Waals surface area (Å²) in [5.74, 6) is 0.614. The van der Waals surface area contributed by atoms with E-state index in [1.54, 1.807) is 10.9 Å². The third-order valence-electron chi connectivity index (χ3n) is 2.77. The lowest BCUT2D eigenvalue weighted by Crippen LogP contribution is -2.26. The fourth-order valence-corrected chi connectivity index (χ4v) is 2.27. The van der Waals surface area contributed by atoms with Crippen LogP contribution in [-0.2, 0) is 20.1 Å². The Labute approximate surface area is 120 Å². The van der Waals surface area contributed by atoms with Crippen molar-refractivity contribution < 1.29 is 4.79 Å². The van der Waals surface area contributed by atoms with E-state index < -0.39 is 0 Å². The van der Waals surface area contributed by atoms with Crippen LogP contribution in [-0.4, -0.2) is 25.2 Å². The summed E-state index contributed by atoms with van der Waals surface area (Å²) in [4.78, 5) is 12.1. The SMILES string of the molecule is CCCn1cc(Br)cc1C(=O)NCc1nncn1C. The van der Waals surface area contributed by atoms with Gasteiger partial charge < -0.3 is 14.5 Å². The van der Waals surface area contributed by atoms with Crippen molar-refractivity contribution in [3.05, 3.63) is 34.6 Å². The molecule has 0 atom stereocenters. The molecule has 19 heavy (non-hydrogen) atoms. The molecule has 0 saturated carbocycles. The highest BCUT2D eigenvalue weighted by Crippen LogP contribution is 2.15. The largest absolute Gasteiger partial charge is 0.343 e. The van der Waals surface area contributed by atoms with Crippen LogP contribution in [0.2, 0.25) is 0 Å². The van der Waals surface area contributed by atoms with Crippen LogP contribution in [0, 0.1) is 0 Å². The molecule has 0 aliphatic heterocycles. The van der Waals surface area contributed by atoms with Gasteiger partial charge in [0.25, 0.3) is 5.91 Å². The van der Waals surface area contributed by atoms with Gasteiger partial charge in [-0.2, -0.15) is 0 Å². The summed E-state index contributed by atoms with van der Waals surface area (Å²) in [6, 6.07) is 1.82. The zero-order valence-corrected chi connectivity index (χ0v) is 12.5. The fourth-order valence-electron chi connectivity index (χ4n) is 1.81. The first-order valence-electron chi connectivity index (χ1n) is 6.08. The van der Waals surface area contributed by atoms with Gasteiger partial charge in [-0.3, -0.25) is 4.79 Å². The number of halogens is 1. The summed E-state index contributed by atoms with van der Waals surface area (Å²) < 4.78 is 4.63. The number of carbonyl (C=O) groups excluding carboxylic acids is 1. The average molecular weight is 326 g/mol. The first kappa shape index (κ1) is 13.8. The topological polar surface area (TPSA) is 64.7 Å². The molecule has 0 saturated heterocycles. The molecular formula is C12H16BrN5O. The van der Waals surface area contributed by atoms with E-state index in [1.165, 1.54) is 0 Å².